The number of fused-ring (bicyclic) bond motifs is 1. The maximum Gasteiger partial charge on any atom is 0.270 e. The molecule has 2 heterocycles. The fourth-order valence-electron chi connectivity index (χ4n) is 4.62. The van der Waals surface area contributed by atoms with Crippen LogP contribution in [0.4, 0.5) is 11.4 Å². The third kappa shape index (κ3) is 4.84. The zero-order valence-corrected chi connectivity index (χ0v) is 21.6. The predicted molar refractivity (Wildman–Crippen MR) is 146 cm³/mol. The molecule has 4 aromatic rings. The van der Waals surface area contributed by atoms with Gasteiger partial charge in [-0.3, -0.25) is 24.5 Å². The van der Waals surface area contributed by atoms with Crippen molar-refractivity contribution in [3.8, 4) is 0 Å². The van der Waals surface area contributed by atoms with Gasteiger partial charge < -0.3 is 9.88 Å². The summed E-state index contributed by atoms with van der Waals surface area (Å²) in [5.41, 5.74) is 2.21. The summed E-state index contributed by atoms with van der Waals surface area (Å²) in [6, 6.07) is 19.1. The molecule has 1 fully saturated rings. The maximum absolute atomic E-state index is 13.7. The van der Waals surface area contributed by atoms with E-state index in [-0.39, 0.29) is 24.2 Å². The summed E-state index contributed by atoms with van der Waals surface area (Å²) in [4.78, 5) is 56.6. The van der Waals surface area contributed by atoms with E-state index in [9.17, 15) is 24.5 Å². The first kappa shape index (κ1) is 24.6. The fraction of sp³-hybridized carbons (Fsp3) is 0.148. The van der Waals surface area contributed by atoms with Gasteiger partial charge in [0.05, 0.1) is 17.0 Å². The van der Waals surface area contributed by atoms with Crippen molar-refractivity contribution >= 4 is 62.6 Å². The fourth-order valence-corrected chi connectivity index (χ4v) is 4.98. The van der Waals surface area contributed by atoms with Crippen molar-refractivity contribution in [1.29, 1.82) is 0 Å². The van der Waals surface area contributed by atoms with Crippen LogP contribution in [0.25, 0.3) is 10.9 Å². The molecule has 3 amide bonds. The maximum atomic E-state index is 13.7. The summed E-state index contributed by atoms with van der Waals surface area (Å²) in [6.07, 6.45) is 2.12. The number of carbonyl (C=O) groups is 3. The van der Waals surface area contributed by atoms with Crippen LogP contribution in [0.5, 0.6) is 0 Å². The van der Waals surface area contributed by atoms with Gasteiger partial charge in [0.1, 0.15) is 6.04 Å². The van der Waals surface area contributed by atoms with Crippen molar-refractivity contribution in [2.24, 2.45) is 0 Å². The smallest absolute Gasteiger partial charge is 0.270 e. The molecule has 0 saturated carbocycles. The quantitative estimate of drug-likeness (QED) is 0.141. The molecule has 1 aliphatic rings. The number of aromatic amines is 1. The molecule has 1 unspecified atom stereocenters. The summed E-state index contributed by atoms with van der Waals surface area (Å²) in [5, 5.41) is 12.3. The SMILES string of the molecule is O=C1CC(N(CCc2c[nH]c3ccccc23)C(=O)c2cccc([N+](=O)[O-])c2)C(=O)N1c1ccc(I)cc1. The Kier molecular flexibility index (Phi) is 6.74. The molecule has 5 rings (SSSR count). The molecular weight excluding hydrogens is 587 g/mol. The third-order valence-corrected chi connectivity index (χ3v) is 7.16. The van der Waals surface area contributed by atoms with Crippen LogP contribution < -0.4 is 4.90 Å². The second-order valence-electron chi connectivity index (χ2n) is 8.68. The molecule has 0 radical (unpaired) electrons. The highest BCUT2D eigenvalue weighted by Gasteiger charge is 2.44. The second kappa shape index (κ2) is 10.1. The highest BCUT2D eigenvalue weighted by atomic mass is 127. The zero-order chi connectivity index (χ0) is 26.1. The Morgan fingerprint density at radius 2 is 1.84 bits per heavy atom. The molecule has 186 valence electrons. The first-order chi connectivity index (χ1) is 17.8. The molecule has 0 spiro atoms. The van der Waals surface area contributed by atoms with Crippen LogP contribution in [-0.4, -0.2) is 45.1 Å². The number of rotatable bonds is 7. The molecule has 1 aromatic heterocycles. The predicted octanol–water partition coefficient (Wildman–Crippen LogP) is 4.70. The summed E-state index contributed by atoms with van der Waals surface area (Å²) in [5.74, 6) is -1.44. The Bertz CT molecular complexity index is 1530. The van der Waals surface area contributed by atoms with Crippen molar-refractivity contribution in [3.63, 3.8) is 0 Å². The number of hydrogen-bond acceptors (Lipinski definition) is 5. The van der Waals surface area contributed by atoms with E-state index in [1.807, 2.05) is 30.5 Å². The van der Waals surface area contributed by atoms with Crippen LogP contribution >= 0.6 is 22.6 Å². The first-order valence-corrected chi connectivity index (χ1v) is 12.6. The number of hydrogen-bond donors (Lipinski definition) is 1. The van der Waals surface area contributed by atoms with Gasteiger partial charge in [0.2, 0.25) is 5.91 Å². The van der Waals surface area contributed by atoms with Crippen LogP contribution in [-0.2, 0) is 16.0 Å². The minimum atomic E-state index is -1.02. The first-order valence-electron chi connectivity index (χ1n) is 11.6. The number of halogens is 1. The van der Waals surface area contributed by atoms with Crippen molar-refractivity contribution in [1.82, 2.24) is 9.88 Å². The van der Waals surface area contributed by atoms with Gasteiger partial charge in [-0.1, -0.05) is 24.3 Å². The highest BCUT2D eigenvalue weighted by Crippen LogP contribution is 2.28. The van der Waals surface area contributed by atoms with Crippen molar-refractivity contribution in [2.45, 2.75) is 18.9 Å². The lowest BCUT2D eigenvalue weighted by molar-refractivity contribution is -0.384. The van der Waals surface area contributed by atoms with E-state index >= 15 is 0 Å². The van der Waals surface area contributed by atoms with Gasteiger partial charge in [-0.2, -0.15) is 0 Å². The number of imide groups is 1. The van der Waals surface area contributed by atoms with E-state index in [2.05, 4.69) is 27.6 Å². The average Bonchev–Trinajstić information content (AvgIpc) is 3.45. The molecule has 1 atom stereocenters. The van der Waals surface area contributed by atoms with Crippen molar-refractivity contribution < 1.29 is 19.3 Å². The van der Waals surface area contributed by atoms with Gasteiger partial charge in [-0.25, -0.2) is 4.90 Å². The van der Waals surface area contributed by atoms with E-state index in [4.69, 9.17) is 0 Å². The molecule has 1 aliphatic heterocycles. The molecule has 3 aromatic carbocycles. The normalized spacial score (nSPS) is 15.4. The van der Waals surface area contributed by atoms with Crippen molar-refractivity contribution in [2.75, 3.05) is 11.4 Å². The van der Waals surface area contributed by atoms with E-state index in [1.165, 1.54) is 29.2 Å². The molecule has 9 nitrogen and oxygen atoms in total. The number of H-pyrrole nitrogens is 1. The molecule has 0 bridgehead atoms. The summed E-state index contributed by atoms with van der Waals surface area (Å²) in [6.45, 7) is 0.146. The van der Waals surface area contributed by atoms with Gasteiger partial charge in [0.25, 0.3) is 17.5 Å². The lowest BCUT2D eigenvalue weighted by Crippen LogP contribution is -2.46. The Morgan fingerprint density at radius 3 is 2.59 bits per heavy atom. The van der Waals surface area contributed by atoms with Gasteiger partial charge in [-0.15, -0.1) is 0 Å². The molecule has 1 N–H and O–H groups in total. The number of benzene rings is 3. The van der Waals surface area contributed by atoms with Gasteiger partial charge >= 0.3 is 0 Å². The number of nitro benzene ring substituents is 1. The lowest BCUT2D eigenvalue weighted by atomic mass is 10.1. The van der Waals surface area contributed by atoms with E-state index in [1.54, 1.807) is 24.3 Å². The monoisotopic (exact) mass is 608 g/mol. The number of anilines is 1. The third-order valence-electron chi connectivity index (χ3n) is 6.45. The number of amides is 3. The Hall–Kier alpha value is -4.06. The topological polar surface area (TPSA) is 117 Å². The number of nitro groups is 1. The average molecular weight is 608 g/mol. The molecule has 37 heavy (non-hydrogen) atoms. The summed E-state index contributed by atoms with van der Waals surface area (Å²) < 4.78 is 0.957. The molecule has 1 saturated heterocycles. The molecule has 10 heteroatoms. The number of nitrogens with one attached hydrogen (secondary N) is 1. The van der Waals surface area contributed by atoms with Crippen LogP contribution in [0.2, 0.25) is 0 Å². The van der Waals surface area contributed by atoms with Crippen LogP contribution in [0.15, 0.2) is 79.0 Å². The minimum absolute atomic E-state index is 0.0843. The van der Waals surface area contributed by atoms with Crippen LogP contribution in [0.1, 0.15) is 22.3 Å². The largest absolute Gasteiger partial charge is 0.361 e. The number of non-ortho nitro benzene ring substituents is 1. The van der Waals surface area contributed by atoms with Gasteiger partial charge in [0, 0.05) is 44.9 Å². The summed E-state index contributed by atoms with van der Waals surface area (Å²) in [7, 11) is 0. The number of para-hydroxylation sites is 1. The van der Waals surface area contributed by atoms with E-state index < -0.39 is 28.7 Å². The minimum Gasteiger partial charge on any atom is -0.361 e. The van der Waals surface area contributed by atoms with Crippen LogP contribution in [0, 0.1) is 13.7 Å². The van der Waals surface area contributed by atoms with Gasteiger partial charge in [-0.05, 0) is 71.0 Å². The van der Waals surface area contributed by atoms with E-state index in [0.717, 1.165) is 24.9 Å². The zero-order valence-electron chi connectivity index (χ0n) is 19.5. The number of aromatic nitrogens is 1. The van der Waals surface area contributed by atoms with Crippen molar-refractivity contribution in [3.05, 3.63) is 104 Å². The standard InChI is InChI=1S/C27H21IN4O5/c28-19-8-10-20(11-9-19)31-25(33)15-24(27(31)35)30(26(34)17-4-3-5-21(14-17)32(36)37)13-12-18-16-29-23-7-2-1-6-22(18)23/h1-11,14,16,24,29H,12-13,15H2. The lowest BCUT2D eigenvalue weighted by Gasteiger charge is -2.28. The Morgan fingerprint density at radius 1 is 1.08 bits per heavy atom. The Labute approximate surface area is 225 Å². The van der Waals surface area contributed by atoms with Crippen LogP contribution in [0.3, 0.4) is 0 Å². The highest BCUT2D eigenvalue weighted by molar-refractivity contribution is 14.1. The molecular formula is C27H21IN4O5. The number of carbonyl (C=O) groups excluding carboxylic acids is 3. The second-order valence-corrected chi connectivity index (χ2v) is 9.92. The van der Waals surface area contributed by atoms with E-state index in [0.29, 0.717) is 12.1 Å². The van der Waals surface area contributed by atoms with Gasteiger partial charge in [0.15, 0.2) is 0 Å². The molecule has 0 aliphatic carbocycles. The number of nitrogens with zero attached hydrogens (tertiary/aromatic N) is 3. The Balaban J connectivity index is 1.48. The summed E-state index contributed by atoms with van der Waals surface area (Å²) >= 11 is 2.14.